The Morgan fingerprint density at radius 1 is 1.30 bits per heavy atom. The maximum absolute atomic E-state index is 13.1. The van der Waals surface area contributed by atoms with Gasteiger partial charge in [-0.15, -0.1) is 11.6 Å². The normalized spacial score (nSPS) is 10.9. The number of halogens is 2. The van der Waals surface area contributed by atoms with Gasteiger partial charge in [0.1, 0.15) is 22.9 Å². The lowest BCUT2D eigenvalue weighted by Crippen LogP contribution is -1.93. The highest BCUT2D eigenvalue weighted by atomic mass is 35.5. The summed E-state index contributed by atoms with van der Waals surface area (Å²) in [7, 11) is 0. The third-order valence-electron chi connectivity index (χ3n) is 3.06. The number of hydrogen-bond acceptors (Lipinski definition) is 2. The Balaban J connectivity index is 2.06. The molecular formula is C15H12ClFN2O. The first-order chi connectivity index (χ1) is 9.69. The monoisotopic (exact) mass is 290 g/mol. The average Bonchev–Trinajstić information content (AvgIpc) is 2.79. The van der Waals surface area contributed by atoms with Crippen molar-refractivity contribution in [1.29, 1.82) is 0 Å². The molecule has 0 bridgehead atoms. The summed E-state index contributed by atoms with van der Waals surface area (Å²) < 4.78 is 20.8. The topological polar surface area (TPSA) is 26.5 Å². The van der Waals surface area contributed by atoms with Crippen molar-refractivity contribution in [3.63, 3.8) is 0 Å². The quantitative estimate of drug-likeness (QED) is 0.672. The van der Waals surface area contributed by atoms with Gasteiger partial charge in [-0.2, -0.15) is 4.98 Å². The third-order valence-corrected chi connectivity index (χ3v) is 3.32. The molecule has 0 aliphatic carbocycles. The minimum Gasteiger partial charge on any atom is -0.437 e. The number of aromatic nitrogens is 2. The van der Waals surface area contributed by atoms with Crippen LogP contribution in [0.4, 0.5) is 4.39 Å². The second-order valence-corrected chi connectivity index (χ2v) is 4.71. The van der Waals surface area contributed by atoms with Gasteiger partial charge in [-0.3, -0.25) is 4.40 Å². The van der Waals surface area contributed by atoms with Gasteiger partial charge in [-0.05, 0) is 42.8 Å². The van der Waals surface area contributed by atoms with Gasteiger partial charge in [-0.25, -0.2) is 4.39 Å². The van der Waals surface area contributed by atoms with E-state index < -0.39 is 0 Å². The molecule has 0 aliphatic heterocycles. The number of nitrogens with zero attached hydrogens (tertiary/aromatic N) is 2. The molecule has 0 radical (unpaired) electrons. The van der Waals surface area contributed by atoms with Crippen LogP contribution in [0.1, 0.15) is 11.3 Å². The second-order valence-electron chi connectivity index (χ2n) is 4.44. The minimum atomic E-state index is -0.289. The molecule has 2 heterocycles. The number of rotatable bonds is 3. The Morgan fingerprint density at radius 3 is 2.90 bits per heavy atom. The van der Waals surface area contributed by atoms with Crippen molar-refractivity contribution in [2.24, 2.45) is 0 Å². The number of aryl methyl sites for hydroxylation is 1. The van der Waals surface area contributed by atoms with E-state index in [0.717, 1.165) is 11.3 Å². The third kappa shape index (κ3) is 2.23. The summed E-state index contributed by atoms with van der Waals surface area (Å²) in [5, 5.41) is 0. The van der Waals surface area contributed by atoms with Crippen LogP contribution in [-0.2, 0) is 5.88 Å². The highest BCUT2D eigenvalue weighted by Crippen LogP contribution is 2.29. The molecule has 0 aliphatic rings. The number of benzene rings is 1. The van der Waals surface area contributed by atoms with Crippen molar-refractivity contribution in [2.75, 3.05) is 0 Å². The Morgan fingerprint density at radius 2 is 2.15 bits per heavy atom. The molecule has 0 spiro atoms. The van der Waals surface area contributed by atoms with E-state index in [-0.39, 0.29) is 11.7 Å². The van der Waals surface area contributed by atoms with Crippen molar-refractivity contribution in [2.45, 2.75) is 12.8 Å². The van der Waals surface area contributed by atoms with Gasteiger partial charge in [0.15, 0.2) is 0 Å². The van der Waals surface area contributed by atoms with Gasteiger partial charge >= 0.3 is 0 Å². The van der Waals surface area contributed by atoms with Crippen LogP contribution in [0, 0.1) is 12.7 Å². The van der Waals surface area contributed by atoms with E-state index in [9.17, 15) is 4.39 Å². The lowest BCUT2D eigenvalue weighted by molar-refractivity contribution is 0.456. The Kier molecular flexibility index (Phi) is 3.32. The summed E-state index contributed by atoms with van der Waals surface area (Å²) in [5.41, 5.74) is 2.24. The summed E-state index contributed by atoms with van der Waals surface area (Å²) >= 11 is 5.98. The number of pyridine rings is 1. The van der Waals surface area contributed by atoms with E-state index in [1.165, 1.54) is 12.1 Å². The van der Waals surface area contributed by atoms with Gasteiger partial charge in [-0.1, -0.05) is 6.07 Å². The molecule has 0 fully saturated rings. The molecule has 0 unspecified atom stereocenters. The van der Waals surface area contributed by atoms with E-state index in [0.29, 0.717) is 17.2 Å². The van der Waals surface area contributed by atoms with Gasteiger partial charge < -0.3 is 4.74 Å². The lowest BCUT2D eigenvalue weighted by Gasteiger charge is -2.07. The zero-order chi connectivity index (χ0) is 14.1. The van der Waals surface area contributed by atoms with E-state index >= 15 is 0 Å². The highest BCUT2D eigenvalue weighted by molar-refractivity contribution is 6.17. The van der Waals surface area contributed by atoms with Gasteiger partial charge in [0.05, 0.1) is 5.88 Å². The number of imidazole rings is 1. The molecule has 3 aromatic rings. The lowest BCUT2D eigenvalue weighted by atomic mass is 10.2. The van der Waals surface area contributed by atoms with Crippen LogP contribution in [0.3, 0.4) is 0 Å². The van der Waals surface area contributed by atoms with Crippen molar-refractivity contribution >= 4 is 17.2 Å². The number of hydrogen-bond donors (Lipinski definition) is 0. The zero-order valence-electron chi connectivity index (χ0n) is 10.8. The first-order valence-electron chi connectivity index (χ1n) is 6.15. The predicted molar refractivity (Wildman–Crippen MR) is 76.0 cm³/mol. The molecule has 0 amide bonds. The largest absolute Gasteiger partial charge is 0.437 e. The number of ether oxygens (including phenoxy) is 1. The molecule has 2 aromatic heterocycles. The predicted octanol–water partition coefficient (Wildman–Crippen LogP) is 4.31. The molecule has 3 rings (SSSR count). The summed E-state index contributed by atoms with van der Waals surface area (Å²) in [6, 6.07) is 10.0. The van der Waals surface area contributed by atoms with E-state index in [2.05, 4.69) is 4.98 Å². The molecule has 1 aromatic carbocycles. The summed E-state index contributed by atoms with van der Waals surface area (Å²) in [6.45, 7) is 1.79. The molecule has 5 heteroatoms. The molecular weight excluding hydrogens is 279 g/mol. The Labute approximate surface area is 120 Å². The summed E-state index contributed by atoms with van der Waals surface area (Å²) in [4.78, 5) is 4.40. The van der Waals surface area contributed by atoms with Crippen LogP contribution < -0.4 is 4.74 Å². The number of alkyl halides is 1. The number of fused-ring (bicyclic) bond motifs is 1. The Hall–Kier alpha value is -2.07. The molecule has 20 heavy (non-hydrogen) atoms. The van der Waals surface area contributed by atoms with Gasteiger partial charge in [0.25, 0.3) is 0 Å². The summed E-state index contributed by atoms with van der Waals surface area (Å²) in [6.07, 6.45) is 1.88. The molecule has 0 N–H and O–H groups in total. The molecule has 0 saturated heterocycles. The van der Waals surface area contributed by atoms with Crippen molar-refractivity contribution in [1.82, 2.24) is 9.38 Å². The van der Waals surface area contributed by atoms with Crippen molar-refractivity contribution in [3.8, 4) is 11.6 Å². The second kappa shape index (κ2) is 5.13. The fraction of sp³-hybridized carbons (Fsp3) is 0.133. The Bertz CT molecular complexity index is 770. The van der Waals surface area contributed by atoms with E-state index in [1.54, 1.807) is 13.0 Å². The van der Waals surface area contributed by atoms with Gasteiger partial charge in [0.2, 0.25) is 5.88 Å². The molecule has 0 atom stereocenters. The fourth-order valence-electron chi connectivity index (χ4n) is 2.06. The summed E-state index contributed by atoms with van der Waals surface area (Å²) in [5.74, 6) is 1.00. The van der Waals surface area contributed by atoms with Crippen molar-refractivity contribution < 1.29 is 9.13 Å². The average molecular weight is 291 g/mol. The van der Waals surface area contributed by atoms with Crippen molar-refractivity contribution in [3.05, 3.63) is 59.7 Å². The molecule has 0 saturated carbocycles. The first kappa shape index (κ1) is 12.9. The minimum absolute atomic E-state index is 0.279. The standard InChI is InChI=1S/C15H12ClFN2O/c1-10-8-11(17)5-6-13(10)20-15-12(9-16)19-7-3-2-4-14(19)18-15/h2-8H,9H2,1H3. The van der Waals surface area contributed by atoms with Gasteiger partial charge in [0, 0.05) is 6.20 Å². The van der Waals surface area contributed by atoms with Crippen LogP contribution in [0.15, 0.2) is 42.6 Å². The van der Waals surface area contributed by atoms with Crippen LogP contribution >= 0.6 is 11.6 Å². The van der Waals surface area contributed by atoms with Crippen LogP contribution in [0.25, 0.3) is 5.65 Å². The highest BCUT2D eigenvalue weighted by Gasteiger charge is 2.14. The molecule has 102 valence electrons. The van der Waals surface area contributed by atoms with E-state index in [1.807, 2.05) is 28.8 Å². The zero-order valence-corrected chi connectivity index (χ0v) is 11.6. The van der Waals surface area contributed by atoms with Crippen LogP contribution in [0.5, 0.6) is 11.6 Å². The van der Waals surface area contributed by atoms with E-state index in [4.69, 9.17) is 16.3 Å². The fourth-order valence-corrected chi connectivity index (χ4v) is 2.30. The smallest absolute Gasteiger partial charge is 0.242 e. The maximum atomic E-state index is 13.1. The first-order valence-corrected chi connectivity index (χ1v) is 6.68. The SMILES string of the molecule is Cc1cc(F)ccc1Oc1nc2ccccn2c1CCl. The van der Waals surface area contributed by atoms with Crippen LogP contribution in [-0.4, -0.2) is 9.38 Å². The maximum Gasteiger partial charge on any atom is 0.242 e. The molecule has 3 nitrogen and oxygen atoms in total. The van der Waals surface area contributed by atoms with Crippen LogP contribution in [0.2, 0.25) is 0 Å².